The largest absolute Gasteiger partial charge is 0.496 e. The van der Waals surface area contributed by atoms with Crippen LogP contribution in [0.25, 0.3) is 0 Å². The molecule has 0 spiro atoms. The van der Waals surface area contributed by atoms with E-state index in [-0.39, 0.29) is 0 Å². The molecule has 0 saturated carbocycles. The summed E-state index contributed by atoms with van der Waals surface area (Å²) in [7, 11) is 1.71. The van der Waals surface area contributed by atoms with Gasteiger partial charge in [0.2, 0.25) is 0 Å². The summed E-state index contributed by atoms with van der Waals surface area (Å²) in [5.41, 5.74) is 2.57. The minimum absolute atomic E-state index is 0.914. The van der Waals surface area contributed by atoms with E-state index in [0.29, 0.717) is 0 Å². The summed E-state index contributed by atoms with van der Waals surface area (Å²) in [6.07, 6.45) is 6.31. The number of methoxy groups -OCH3 is 1. The molecular formula is C17H18O. The Hall–Kier alpha value is -2.02. The minimum atomic E-state index is 0.914. The van der Waals surface area contributed by atoms with Gasteiger partial charge in [0.25, 0.3) is 0 Å². The summed E-state index contributed by atoms with van der Waals surface area (Å²) >= 11 is 0. The van der Waals surface area contributed by atoms with E-state index in [1.807, 2.05) is 24.3 Å². The lowest BCUT2D eigenvalue weighted by molar-refractivity contribution is 0.410. The molecule has 0 radical (unpaired) electrons. The van der Waals surface area contributed by atoms with Crippen molar-refractivity contribution in [2.24, 2.45) is 0 Å². The number of allylic oxidation sites excluding steroid dienone is 2. The summed E-state index contributed by atoms with van der Waals surface area (Å²) < 4.78 is 5.33. The first-order valence-corrected chi connectivity index (χ1v) is 6.21. The molecule has 0 fully saturated rings. The van der Waals surface area contributed by atoms with Gasteiger partial charge in [0, 0.05) is 0 Å². The maximum Gasteiger partial charge on any atom is 0.122 e. The zero-order valence-corrected chi connectivity index (χ0v) is 10.7. The van der Waals surface area contributed by atoms with Gasteiger partial charge in [-0.05, 0) is 30.0 Å². The summed E-state index contributed by atoms with van der Waals surface area (Å²) in [5, 5.41) is 0. The van der Waals surface area contributed by atoms with Gasteiger partial charge >= 0.3 is 0 Å². The molecule has 2 aromatic rings. The molecule has 1 heteroatoms. The van der Waals surface area contributed by atoms with Crippen LogP contribution in [0, 0.1) is 0 Å². The highest BCUT2D eigenvalue weighted by molar-refractivity contribution is 5.34. The van der Waals surface area contributed by atoms with Crippen LogP contribution >= 0.6 is 0 Å². The molecule has 0 N–H and O–H groups in total. The molecule has 0 heterocycles. The summed E-state index contributed by atoms with van der Waals surface area (Å²) in [6, 6.07) is 18.6. The molecule has 0 unspecified atom stereocenters. The lowest BCUT2D eigenvalue weighted by Gasteiger charge is -2.05. The number of para-hydroxylation sites is 1. The van der Waals surface area contributed by atoms with Crippen molar-refractivity contribution >= 4 is 0 Å². The third kappa shape index (κ3) is 3.49. The highest BCUT2D eigenvalue weighted by Gasteiger charge is 1.97. The van der Waals surface area contributed by atoms with Crippen molar-refractivity contribution in [1.82, 2.24) is 0 Å². The third-order valence-corrected chi connectivity index (χ3v) is 2.89. The molecule has 0 bridgehead atoms. The van der Waals surface area contributed by atoms with Gasteiger partial charge in [0.1, 0.15) is 5.75 Å². The van der Waals surface area contributed by atoms with Crippen molar-refractivity contribution in [1.29, 1.82) is 0 Å². The van der Waals surface area contributed by atoms with Crippen LogP contribution in [0.15, 0.2) is 66.7 Å². The van der Waals surface area contributed by atoms with Gasteiger partial charge in [0.15, 0.2) is 0 Å². The van der Waals surface area contributed by atoms with E-state index in [0.717, 1.165) is 18.6 Å². The Morgan fingerprint density at radius 3 is 2.28 bits per heavy atom. The van der Waals surface area contributed by atoms with Crippen LogP contribution in [-0.2, 0) is 12.8 Å². The second-order valence-corrected chi connectivity index (χ2v) is 4.18. The first-order valence-electron chi connectivity index (χ1n) is 6.21. The quantitative estimate of drug-likeness (QED) is 0.714. The molecule has 0 amide bonds. The third-order valence-electron chi connectivity index (χ3n) is 2.89. The van der Waals surface area contributed by atoms with Crippen molar-refractivity contribution in [2.45, 2.75) is 12.8 Å². The Morgan fingerprint density at radius 1 is 0.833 bits per heavy atom. The first-order chi connectivity index (χ1) is 8.90. The molecule has 0 saturated heterocycles. The fraction of sp³-hybridized carbons (Fsp3) is 0.176. The topological polar surface area (TPSA) is 9.23 Å². The molecule has 18 heavy (non-hydrogen) atoms. The predicted octanol–water partition coefficient (Wildman–Crippen LogP) is 4.04. The van der Waals surface area contributed by atoms with Crippen LogP contribution in [-0.4, -0.2) is 7.11 Å². The summed E-state index contributed by atoms with van der Waals surface area (Å²) in [5.74, 6) is 0.960. The van der Waals surface area contributed by atoms with E-state index >= 15 is 0 Å². The van der Waals surface area contributed by atoms with Gasteiger partial charge in [0.05, 0.1) is 7.11 Å². The zero-order valence-electron chi connectivity index (χ0n) is 10.7. The van der Waals surface area contributed by atoms with Gasteiger partial charge in [-0.2, -0.15) is 0 Å². The molecule has 2 aromatic carbocycles. The average Bonchev–Trinajstić information content (AvgIpc) is 2.45. The van der Waals surface area contributed by atoms with Crippen LogP contribution in [0.5, 0.6) is 5.75 Å². The fourth-order valence-corrected chi connectivity index (χ4v) is 1.92. The van der Waals surface area contributed by atoms with E-state index in [1.165, 1.54) is 11.1 Å². The first kappa shape index (κ1) is 12.4. The zero-order chi connectivity index (χ0) is 12.6. The van der Waals surface area contributed by atoms with Gasteiger partial charge < -0.3 is 4.74 Å². The predicted molar refractivity (Wildman–Crippen MR) is 76.0 cm³/mol. The Morgan fingerprint density at radius 2 is 1.50 bits per heavy atom. The molecule has 0 atom stereocenters. The average molecular weight is 238 g/mol. The maximum absolute atomic E-state index is 5.33. The highest BCUT2D eigenvalue weighted by Crippen LogP contribution is 2.18. The summed E-state index contributed by atoms with van der Waals surface area (Å²) in [6.45, 7) is 0. The van der Waals surface area contributed by atoms with Crippen molar-refractivity contribution < 1.29 is 4.74 Å². The lowest BCUT2D eigenvalue weighted by atomic mass is 10.1. The maximum atomic E-state index is 5.33. The molecule has 0 aromatic heterocycles. The Balaban J connectivity index is 1.91. The number of ether oxygens (including phenoxy) is 1. The van der Waals surface area contributed by atoms with Gasteiger partial charge in [-0.25, -0.2) is 0 Å². The van der Waals surface area contributed by atoms with Crippen molar-refractivity contribution in [3.05, 3.63) is 77.9 Å². The van der Waals surface area contributed by atoms with Crippen molar-refractivity contribution in [3.8, 4) is 5.75 Å². The number of hydrogen-bond donors (Lipinski definition) is 0. The van der Waals surface area contributed by atoms with E-state index in [2.05, 4.69) is 42.5 Å². The van der Waals surface area contributed by atoms with Crippen molar-refractivity contribution in [3.63, 3.8) is 0 Å². The molecule has 0 aliphatic rings. The van der Waals surface area contributed by atoms with Crippen LogP contribution in [0.1, 0.15) is 11.1 Å². The van der Waals surface area contributed by atoms with E-state index in [1.54, 1.807) is 7.11 Å². The van der Waals surface area contributed by atoms with Crippen LogP contribution in [0.2, 0.25) is 0 Å². The second-order valence-electron chi connectivity index (χ2n) is 4.18. The minimum Gasteiger partial charge on any atom is -0.496 e. The number of benzene rings is 2. The monoisotopic (exact) mass is 238 g/mol. The standard InChI is InChI=1S/C17H18O/c1-18-17-14-8-7-13-16(17)12-6-5-11-15-9-3-2-4-10-15/h2-10,13-14H,11-12H2,1H3. The molecule has 0 aliphatic carbocycles. The van der Waals surface area contributed by atoms with Gasteiger partial charge in [-0.15, -0.1) is 0 Å². The van der Waals surface area contributed by atoms with Gasteiger partial charge in [-0.3, -0.25) is 0 Å². The Bertz CT molecular complexity index is 500. The lowest BCUT2D eigenvalue weighted by Crippen LogP contribution is -1.89. The van der Waals surface area contributed by atoms with E-state index < -0.39 is 0 Å². The van der Waals surface area contributed by atoms with E-state index in [4.69, 9.17) is 4.74 Å². The van der Waals surface area contributed by atoms with Crippen LogP contribution < -0.4 is 4.74 Å². The van der Waals surface area contributed by atoms with Crippen LogP contribution in [0.4, 0.5) is 0 Å². The number of rotatable bonds is 5. The fourth-order valence-electron chi connectivity index (χ4n) is 1.92. The Labute approximate surface area is 109 Å². The molecule has 0 aliphatic heterocycles. The van der Waals surface area contributed by atoms with Crippen LogP contribution in [0.3, 0.4) is 0 Å². The van der Waals surface area contributed by atoms with Crippen molar-refractivity contribution in [2.75, 3.05) is 7.11 Å². The second kappa shape index (κ2) is 6.65. The smallest absolute Gasteiger partial charge is 0.122 e. The van der Waals surface area contributed by atoms with E-state index in [9.17, 15) is 0 Å². The molecule has 1 nitrogen and oxygen atoms in total. The molecule has 92 valence electrons. The SMILES string of the molecule is COc1ccccc1CC=CCc1ccccc1. The Kier molecular flexibility index (Phi) is 4.60. The van der Waals surface area contributed by atoms with Gasteiger partial charge in [-0.1, -0.05) is 60.7 Å². The molecule has 2 rings (SSSR count). The highest BCUT2D eigenvalue weighted by atomic mass is 16.5. The normalized spacial score (nSPS) is 10.7. The summed E-state index contributed by atoms with van der Waals surface area (Å²) in [4.78, 5) is 0. The molecular weight excluding hydrogens is 220 g/mol. The number of hydrogen-bond acceptors (Lipinski definition) is 1.